The van der Waals surface area contributed by atoms with E-state index >= 15 is 0 Å². The molecule has 0 spiro atoms. The molecule has 0 fully saturated rings. The number of nitrogens with one attached hydrogen (secondary N) is 3. The SMILES string of the molecule is CSCCC(N)C(=O)NC(CC(=O)O)C(=O)NC(CO)C(=O)NC(CO)C(=O)O. The van der Waals surface area contributed by atoms with Crippen molar-refractivity contribution < 1.29 is 44.4 Å². The van der Waals surface area contributed by atoms with Crippen LogP contribution in [0.2, 0.25) is 0 Å². The van der Waals surface area contributed by atoms with Crippen LogP contribution in [0.3, 0.4) is 0 Å². The van der Waals surface area contributed by atoms with Crippen molar-refractivity contribution in [1.82, 2.24) is 16.0 Å². The predicted octanol–water partition coefficient (Wildman–Crippen LogP) is -3.93. The molecule has 3 amide bonds. The van der Waals surface area contributed by atoms with Crippen molar-refractivity contribution in [3.8, 4) is 0 Å². The molecule has 4 atom stereocenters. The first kappa shape index (κ1) is 26.6. The Morgan fingerprint density at radius 3 is 1.79 bits per heavy atom. The van der Waals surface area contributed by atoms with Crippen LogP contribution in [0.1, 0.15) is 12.8 Å². The smallest absolute Gasteiger partial charge is 0.328 e. The molecule has 0 bridgehead atoms. The first-order chi connectivity index (χ1) is 13.6. The van der Waals surface area contributed by atoms with Crippen molar-refractivity contribution in [3.63, 3.8) is 0 Å². The molecule has 0 aliphatic carbocycles. The number of hydrogen-bond donors (Lipinski definition) is 8. The minimum atomic E-state index is -1.67. The van der Waals surface area contributed by atoms with E-state index in [2.05, 4.69) is 5.32 Å². The number of carboxylic acids is 2. The number of aliphatic hydroxyl groups is 2. The first-order valence-electron chi connectivity index (χ1n) is 8.39. The van der Waals surface area contributed by atoms with Gasteiger partial charge in [-0.25, -0.2) is 4.79 Å². The highest BCUT2D eigenvalue weighted by molar-refractivity contribution is 7.98. The molecule has 0 heterocycles. The zero-order valence-corrected chi connectivity index (χ0v) is 16.5. The van der Waals surface area contributed by atoms with Gasteiger partial charge in [0.25, 0.3) is 0 Å². The molecular formula is C15H26N4O9S. The fourth-order valence-corrected chi connectivity index (χ4v) is 2.45. The maximum absolute atomic E-state index is 12.3. The van der Waals surface area contributed by atoms with Crippen LogP contribution in [-0.4, -0.2) is 99.5 Å². The molecule has 0 saturated heterocycles. The normalized spacial score (nSPS) is 14.8. The number of amides is 3. The molecule has 0 aromatic rings. The zero-order chi connectivity index (χ0) is 22.6. The summed E-state index contributed by atoms with van der Waals surface area (Å²) < 4.78 is 0. The number of thioether (sulfide) groups is 1. The number of carbonyl (C=O) groups is 5. The Morgan fingerprint density at radius 1 is 0.862 bits per heavy atom. The second-order valence-electron chi connectivity index (χ2n) is 5.87. The summed E-state index contributed by atoms with van der Waals surface area (Å²) in [7, 11) is 0. The fourth-order valence-electron chi connectivity index (χ4n) is 1.96. The topological polar surface area (TPSA) is 228 Å². The molecule has 9 N–H and O–H groups in total. The lowest BCUT2D eigenvalue weighted by Gasteiger charge is -2.23. The van der Waals surface area contributed by atoms with Crippen LogP contribution in [0.4, 0.5) is 0 Å². The van der Waals surface area contributed by atoms with Gasteiger partial charge in [-0.05, 0) is 18.4 Å². The van der Waals surface area contributed by atoms with E-state index in [9.17, 15) is 29.1 Å². The quantitative estimate of drug-likeness (QED) is 0.130. The van der Waals surface area contributed by atoms with Gasteiger partial charge in [-0.2, -0.15) is 11.8 Å². The molecule has 0 aliphatic heterocycles. The number of nitrogens with two attached hydrogens (primary N) is 1. The highest BCUT2D eigenvalue weighted by atomic mass is 32.2. The van der Waals surface area contributed by atoms with Gasteiger partial charge in [0, 0.05) is 0 Å². The average molecular weight is 438 g/mol. The Hall–Kier alpha value is -2.42. The molecule has 29 heavy (non-hydrogen) atoms. The number of carboxylic acid groups (broad SMARTS) is 2. The number of rotatable bonds is 14. The highest BCUT2D eigenvalue weighted by Crippen LogP contribution is 2.01. The first-order valence-corrected chi connectivity index (χ1v) is 9.78. The van der Waals surface area contributed by atoms with Crippen molar-refractivity contribution >= 4 is 41.4 Å². The molecule has 0 aromatic heterocycles. The summed E-state index contributed by atoms with van der Waals surface area (Å²) in [5, 5.41) is 42.1. The third-order valence-corrected chi connectivity index (χ3v) is 4.24. The summed E-state index contributed by atoms with van der Waals surface area (Å²) in [5.41, 5.74) is 5.67. The van der Waals surface area contributed by atoms with Crippen molar-refractivity contribution in [2.45, 2.75) is 37.0 Å². The third-order valence-electron chi connectivity index (χ3n) is 3.59. The summed E-state index contributed by atoms with van der Waals surface area (Å²) in [5.74, 6) is -5.38. The maximum atomic E-state index is 12.3. The van der Waals surface area contributed by atoms with E-state index in [1.54, 1.807) is 6.26 Å². The van der Waals surface area contributed by atoms with Gasteiger partial charge in [0.2, 0.25) is 17.7 Å². The molecule has 13 nitrogen and oxygen atoms in total. The molecule has 0 radical (unpaired) electrons. The zero-order valence-electron chi connectivity index (χ0n) is 15.7. The van der Waals surface area contributed by atoms with Crippen LogP contribution in [0.25, 0.3) is 0 Å². The van der Waals surface area contributed by atoms with E-state index in [0.717, 1.165) is 0 Å². The van der Waals surface area contributed by atoms with Crippen LogP contribution in [0.5, 0.6) is 0 Å². The maximum Gasteiger partial charge on any atom is 0.328 e. The summed E-state index contributed by atoms with van der Waals surface area (Å²) in [6.45, 7) is -1.88. The molecule has 0 aromatic carbocycles. The van der Waals surface area contributed by atoms with Gasteiger partial charge in [-0.15, -0.1) is 0 Å². The standard InChI is InChI=1S/C15H26N4O9S/c1-29-3-2-7(16)12(24)17-8(4-11(22)23)13(25)18-9(5-20)14(26)19-10(6-21)15(27)28/h7-10,20-21H,2-6,16H2,1H3,(H,17,24)(H,18,25)(H,19,26)(H,22,23)(H,27,28). The van der Waals surface area contributed by atoms with E-state index < -0.39 is 73.5 Å². The van der Waals surface area contributed by atoms with Gasteiger partial charge in [-0.3, -0.25) is 19.2 Å². The molecular weight excluding hydrogens is 412 g/mol. The molecule has 166 valence electrons. The van der Waals surface area contributed by atoms with E-state index in [0.29, 0.717) is 5.75 Å². The lowest BCUT2D eigenvalue weighted by molar-refractivity contribution is -0.144. The Morgan fingerprint density at radius 2 is 1.34 bits per heavy atom. The van der Waals surface area contributed by atoms with Crippen LogP contribution in [0, 0.1) is 0 Å². The monoisotopic (exact) mass is 438 g/mol. The summed E-state index contributed by atoms with van der Waals surface area (Å²) in [6, 6.07) is -5.88. The second-order valence-corrected chi connectivity index (χ2v) is 6.86. The highest BCUT2D eigenvalue weighted by Gasteiger charge is 2.30. The Labute approximate surface area is 170 Å². The van der Waals surface area contributed by atoms with Crippen molar-refractivity contribution in [2.75, 3.05) is 25.2 Å². The largest absolute Gasteiger partial charge is 0.481 e. The van der Waals surface area contributed by atoms with E-state index in [1.807, 2.05) is 10.6 Å². The third kappa shape index (κ3) is 10.1. The van der Waals surface area contributed by atoms with Gasteiger partial charge in [0.1, 0.15) is 18.1 Å². The summed E-state index contributed by atoms with van der Waals surface area (Å²) in [4.78, 5) is 58.2. The van der Waals surface area contributed by atoms with Crippen molar-refractivity contribution in [2.24, 2.45) is 5.73 Å². The number of aliphatic hydroxyl groups excluding tert-OH is 2. The number of carbonyl (C=O) groups excluding carboxylic acids is 3. The van der Waals surface area contributed by atoms with E-state index in [4.69, 9.17) is 21.1 Å². The van der Waals surface area contributed by atoms with Crippen LogP contribution in [0.15, 0.2) is 0 Å². The Kier molecular flexibility index (Phi) is 12.6. The van der Waals surface area contributed by atoms with Gasteiger partial charge < -0.3 is 42.1 Å². The molecule has 4 unspecified atom stereocenters. The van der Waals surface area contributed by atoms with E-state index in [-0.39, 0.29) is 6.42 Å². The van der Waals surface area contributed by atoms with Crippen molar-refractivity contribution in [3.05, 3.63) is 0 Å². The lowest BCUT2D eigenvalue weighted by Crippen LogP contribution is -2.58. The van der Waals surface area contributed by atoms with Gasteiger partial charge in [0.05, 0.1) is 25.7 Å². The number of hydrogen-bond acceptors (Lipinski definition) is 9. The lowest BCUT2D eigenvalue weighted by atomic mass is 10.1. The Bertz CT molecular complexity index is 604. The molecule has 0 rings (SSSR count). The molecule has 14 heteroatoms. The van der Waals surface area contributed by atoms with E-state index in [1.165, 1.54) is 11.8 Å². The van der Waals surface area contributed by atoms with Crippen LogP contribution < -0.4 is 21.7 Å². The average Bonchev–Trinajstić information content (AvgIpc) is 2.66. The summed E-state index contributed by atoms with van der Waals surface area (Å²) >= 11 is 1.44. The van der Waals surface area contributed by atoms with Gasteiger partial charge >= 0.3 is 11.9 Å². The van der Waals surface area contributed by atoms with Gasteiger partial charge in [0.15, 0.2) is 0 Å². The fraction of sp³-hybridized carbons (Fsp3) is 0.667. The molecule has 0 aliphatic rings. The minimum Gasteiger partial charge on any atom is -0.481 e. The molecule has 0 saturated carbocycles. The van der Waals surface area contributed by atoms with Crippen molar-refractivity contribution in [1.29, 1.82) is 0 Å². The Balaban J connectivity index is 5.13. The van der Waals surface area contributed by atoms with Gasteiger partial charge in [-0.1, -0.05) is 0 Å². The van der Waals surface area contributed by atoms with Crippen LogP contribution >= 0.6 is 11.8 Å². The minimum absolute atomic E-state index is 0.286. The predicted molar refractivity (Wildman–Crippen MR) is 101 cm³/mol. The second kappa shape index (κ2) is 13.7. The number of aliphatic carboxylic acids is 2. The summed E-state index contributed by atoms with van der Waals surface area (Å²) in [6.07, 6.45) is 1.27. The van der Waals surface area contributed by atoms with Crippen LogP contribution in [-0.2, 0) is 24.0 Å².